The number of fused-ring (bicyclic) bond motifs is 7. The van der Waals surface area contributed by atoms with Gasteiger partial charge in [0.05, 0.1) is 13.2 Å². The van der Waals surface area contributed by atoms with Gasteiger partial charge in [0.25, 0.3) is 0 Å². The standard InChI is InChI=1S/C34H49NO4/c1-29-12-13-30(2,28(37)35-18-20-39-21-19-35)22-26(29)33(5)17-15-31(3)23-9-11-27(36)34(6,38-7)24(23)8-10-25(31)32(33,4)16-14-29/h8-11,26,36H,12-22H2,1-7H3/t26-,29-,30-,31+,32-,33+,34+/m1/s1. The Kier molecular flexibility index (Phi) is 6.01. The Hall–Kier alpha value is -1.85. The number of nitrogens with zero attached hydrogens (tertiary/aromatic N) is 1. The van der Waals surface area contributed by atoms with Crippen LogP contribution in [0.25, 0.3) is 0 Å². The average Bonchev–Trinajstić information content (AvgIpc) is 2.93. The third-order valence-electron chi connectivity index (χ3n) is 13.2. The van der Waals surface area contributed by atoms with Gasteiger partial charge < -0.3 is 19.5 Å². The monoisotopic (exact) mass is 535 g/mol. The molecule has 0 bridgehead atoms. The SMILES string of the molecule is CO[C@]1(C)C(O)=CC=C2C1=CC=C1[C@@]2(C)CC[C@@]2(C)[C@@H]3C[C@](C)(C(=O)N4CCOCC4)CC[C@]3(C)CC[C@]12C. The second kappa shape index (κ2) is 8.58. The van der Waals surface area contributed by atoms with E-state index in [-0.39, 0.29) is 32.8 Å². The number of methoxy groups -OCH3 is 1. The van der Waals surface area contributed by atoms with Crippen molar-refractivity contribution in [2.24, 2.45) is 33.0 Å². The molecule has 0 aromatic heterocycles. The van der Waals surface area contributed by atoms with Gasteiger partial charge in [-0.1, -0.05) is 58.4 Å². The molecule has 214 valence electrons. The summed E-state index contributed by atoms with van der Waals surface area (Å²) in [5, 5.41) is 10.8. The maximum Gasteiger partial charge on any atom is 0.228 e. The normalized spacial score (nSPS) is 47.4. The smallest absolute Gasteiger partial charge is 0.228 e. The van der Waals surface area contributed by atoms with Crippen molar-refractivity contribution in [3.8, 4) is 0 Å². The molecular weight excluding hydrogens is 486 g/mol. The van der Waals surface area contributed by atoms with Crippen LogP contribution in [0, 0.1) is 33.0 Å². The van der Waals surface area contributed by atoms with E-state index in [1.807, 2.05) is 13.0 Å². The van der Waals surface area contributed by atoms with E-state index < -0.39 is 5.60 Å². The van der Waals surface area contributed by atoms with Crippen LogP contribution in [0.5, 0.6) is 0 Å². The summed E-state index contributed by atoms with van der Waals surface area (Å²) >= 11 is 0. The van der Waals surface area contributed by atoms with E-state index >= 15 is 0 Å². The number of aliphatic hydroxyl groups is 1. The molecule has 0 spiro atoms. The van der Waals surface area contributed by atoms with E-state index in [0.29, 0.717) is 25.0 Å². The van der Waals surface area contributed by atoms with E-state index in [4.69, 9.17) is 9.47 Å². The molecule has 1 N–H and O–H groups in total. The summed E-state index contributed by atoms with van der Waals surface area (Å²) in [6.07, 6.45) is 16.3. The highest BCUT2D eigenvalue weighted by atomic mass is 16.5. The molecule has 1 heterocycles. The summed E-state index contributed by atoms with van der Waals surface area (Å²) in [4.78, 5) is 16.0. The van der Waals surface area contributed by atoms with Crippen molar-refractivity contribution in [3.63, 3.8) is 0 Å². The lowest BCUT2D eigenvalue weighted by molar-refractivity contribution is -0.176. The van der Waals surface area contributed by atoms with Crippen LogP contribution in [0.2, 0.25) is 0 Å². The largest absolute Gasteiger partial charge is 0.509 e. The zero-order valence-electron chi connectivity index (χ0n) is 25.3. The Morgan fingerprint density at radius 2 is 1.56 bits per heavy atom. The van der Waals surface area contributed by atoms with Crippen LogP contribution >= 0.6 is 0 Å². The Balaban J connectivity index is 1.39. The maximum absolute atomic E-state index is 14.0. The number of hydrogen-bond acceptors (Lipinski definition) is 4. The number of amides is 1. The first-order chi connectivity index (χ1) is 18.3. The number of morpholine rings is 1. The predicted molar refractivity (Wildman–Crippen MR) is 154 cm³/mol. The van der Waals surface area contributed by atoms with E-state index in [2.05, 4.69) is 57.7 Å². The van der Waals surface area contributed by atoms with Gasteiger partial charge in [0.1, 0.15) is 11.4 Å². The fourth-order valence-electron chi connectivity index (χ4n) is 10.1. The zero-order chi connectivity index (χ0) is 28.1. The highest BCUT2D eigenvalue weighted by molar-refractivity contribution is 5.82. The fraction of sp³-hybridized carbons (Fsp3) is 0.735. The summed E-state index contributed by atoms with van der Waals surface area (Å²) in [6.45, 7) is 17.1. The lowest BCUT2D eigenvalue weighted by Gasteiger charge is -2.70. The van der Waals surface area contributed by atoms with Crippen LogP contribution in [-0.2, 0) is 14.3 Å². The van der Waals surface area contributed by atoms with Crippen molar-refractivity contribution in [3.05, 3.63) is 46.8 Å². The molecule has 1 saturated heterocycles. The van der Waals surface area contributed by atoms with Crippen molar-refractivity contribution >= 4 is 5.91 Å². The molecule has 0 unspecified atom stereocenters. The Labute approximate surface area is 235 Å². The third-order valence-corrected chi connectivity index (χ3v) is 13.2. The molecule has 5 aliphatic carbocycles. The topological polar surface area (TPSA) is 59.0 Å². The molecule has 6 rings (SSSR count). The van der Waals surface area contributed by atoms with E-state index in [1.165, 1.54) is 18.4 Å². The number of carbonyl (C=O) groups is 1. The number of allylic oxidation sites excluding steroid dienone is 5. The van der Waals surface area contributed by atoms with Crippen molar-refractivity contribution in [2.45, 2.75) is 92.1 Å². The van der Waals surface area contributed by atoms with E-state index in [9.17, 15) is 9.90 Å². The number of rotatable bonds is 2. The average molecular weight is 536 g/mol. The second-order valence-electron chi connectivity index (χ2n) is 15.0. The first kappa shape index (κ1) is 27.3. The molecule has 7 atom stereocenters. The molecule has 0 radical (unpaired) electrons. The first-order valence-electron chi connectivity index (χ1n) is 15.3. The Morgan fingerprint density at radius 1 is 0.897 bits per heavy atom. The number of ether oxygens (including phenoxy) is 2. The van der Waals surface area contributed by atoms with Crippen LogP contribution in [0.15, 0.2) is 46.8 Å². The minimum Gasteiger partial charge on any atom is -0.509 e. The van der Waals surface area contributed by atoms with Crippen LogP contribution < -0.4 is 0 Å². The lowest BCUT2D eigenvalue weighted by atomic mass is 9.34. The molecule has 0 aromatic rings. The maximum atomic E-state index is 14.0. The summed E-state index contributed by atoms with van der Waals surface area (Å²) in [5.41, 5.74) is 3.16. The highest BCUT2D eigenvalue weighted by Crippen LogP contribution is 2.75. The quantitative estimate of drug-likeness (QED) is 0.417. The van der Waals surface area contributed by atoms with E-state index in [0.717, 1.165) is 50.8 Å². The molecule has 6 aliphatic rings. The van der Waals surface area contributed by atoms with Crippen molar-refractivity contribution in [2.75, 3.05) is 33.4 Å². The molecular formula is C34H49NO4. The summed E-state index contributed by atoms with van der Waals surface area (Å²) in [5.74, 6) is 1.12. The van der Waals surface area contributed by atoms with Gasteiger partial charge in [-0.15, -0.1) is 0 Å². The zero-order valence-corrected chi connectivity index (χ0v) is 25.3. The van der Waals surface area contributed by atoms with Crippen LogP contribution in [0.4, 0.5) is 0 Å². The van der Waals surface area contributed by atoms with Gasteiger partial charge in [-0.25, -0.2) is 0 Å². The van der Waals surface area contributed by atoms with Gasteiger partial charge in [0.2, 0.25) is 5.91 Å². The number of hydrogen-bond donors (Lipinski definition) is 1. The molecule has 5 heteroatoms. The molecule has 1 amide bonds. The van der Waals surface area contributed by atoms with Crippen molar-refractivity contribution in [1.29, 1.82) is 0 Å². The Bertz CT molecular complexity index is 1210. The fourth-order valence-corrected chi connectivity index (χ4v) is 10.1. The minimum atomic E-state index is -0.813. The predicted octanol–water partition coefficient (Wildman–Crippen LogP) is 6.92. The van der Waals surface area contributed by atoms with Crippen LogP contribution in [0.1, 0.15) is 86.5 Å². The van der Waals surface area contributed by atoms with Gasteiger partial charge in [0, 0.05) is 31.0 Å². The molecule has 39 heavy (non-hydrogen) atoms. The van der Waals surface area contributed by atoms with Gasteiger partial charge in [0.15, 0.2) is 0 Å². The van der Waals surface area contributed by atoms with Gasteiger partial charge in [-0.3, -0.25) is 4.79 Å². The highest BCUT2D eigenvalue weighted by Gasteiger charge is 2.67. The molecule has 1 aliphatic heterocycles. The van der Waals surface area contributed by atoms with E-state index in [1.54, 1.807) is 12.7 Å². The van der Waals surface area contributed by atoms with Crippen molar-refractivity contribution in [1.82, 2.24) is 4.90 Å². The van der Waals surface area contributed by atoms with Gasteiger partial charge in [-0.05, 0) is 91.3 Å². The molecule has 0 aromatic carbocycles. The van der Waals surface area contributed by atoms with Crippen LogP contribution in [-0.4, -0.2) is 54.9 Å². The third kappa shape index (κ3) is 3.47. The van der Waals surface area contributed by atoms with Crippen LogP contribution in [0.3, 0.4) is 0 Å². The first-order valence-corrected chi connectivity index (χ1v) is 15.3. The molecule has 5 nitrogen and oxygen atoms in total. The number of carbonyl (C=O) groups excluding carboxylic acids is 1. The molecule has 4 fully saturated rings. The van der Waals surface area contributed by atoms with Gasteiger partial charge >= 0.3 is 0 Å². The van der Waals surface area contributed by atoms with Gasteiger partial charge in [-0.2, -0.15) is 0 Å². The lowest BCUT2D eigenvalue weighted by Crippen LogP contribution is -2.63. The number of aliphatic hydroxyl groups excluding tert-OH is 1. The second-order valence-corrected chi connectivity index (χ2v) is 15.0. The summed E-state index contributed by atoms with van der Waals surface area (Å²) < 4.78 is 11.5. The summed E-state index contributed by atoms with van der Waals surface area (Å²) in [6, 6.07) is 0. The minimum absolute atomic E-state index is 0.0417. The molecule has 3 saturated carbocycles. The summed E-state index contributed by atoms with van der Waals surface area (Å²) in [7, 11) is 1.69. The Morgan fingerprint density at radius 3 is 2.26 bits per heavy atom. The van der Waals surface area contributed by atoms with Crippen molar-refractivity contribution < 1.29 is 19.4 Å².